The van der Waals surface area contributed by atoms with Crippen molar-refractivity contribution in [2.45, 2.75) is 0 Å². The summed E-state index contributed by atoms with van der Waals surface area (Å²) in [5.41, 5.74) is 0. The lowest BCUT2D eigenvalue weighted by Crippen LogP contribution is -2.49. The first kappa shape index (κ1) is 13.1. The molecule has 0 spiro atoms. The van der Waals surface area contributed by atoms with Gasteiger partial charge in [0.15, 0.2) is 0 Å². The summed E-state index contributed by atoms with van der Waals surface area (Å²) in [7, 11) is 0. The number of hydrogen-bond acceptors (Lipinski definition) is 6. The number of nitrogens with zero attached hydrogens (tertiary/aromatic N) is 5. The number of ether oxygens (including phenoxy) is 1. The smallest absolute Gasteiger partial charge is 0.409 e. The Morgan fingerprint density at radius 3 is 2.45 bits per heavy atom. The summed E-state index contributed by atoms with van der Waals surface area (Å²) in [5.74, 6) is 0.801. The van der Waals surface area contributed by atoms with Crippen molar-refractivity contribution in [3.05, 3.63) is 18.5 Å². The number of anilines is 1. The first-order valence-electron chi connectivity index (χ1n) is 6.99. The maximum atomic E-state index is 11.3. The van der Waals surface area contributed by atoms with E-state index in [1.807, 2.05) is 6.07 Å². The van der Waals surface area contributed by atoms with Crippen LogP contribution in [-0.2, 0) is 4.74 Å². The van der Waals surface area contributed by atoms with Crippen LogP contribution in [0.25, 0.3) is 0 Å². The third-order valence-corrected chi connectivity index (χ3v) is 3.74. The van der Waals surface area contributed by atoms with Gasteiger partial charge in [0.2, 0.25) is 5.95 Å². The summed E-state index contributed by atoms with van der Waals surface area (Å²) in [6.07, 6.45) is 3.36. The lowest BCUT2D eigenvalue weighted by Gasteiger charge is -2.35. The van der Waals surface area contributed by atoms with Gasteiger partial charge in [-0.1, -0.05) is 0 Å². The summed E-state index contributed by atoms with van der Waals surface area (Å²) in [4.78, 5) is 26.2. The zero-order valence-electron chi connectivity index (χ0n) is 11.4. The molecule has 0 atom stereocenters. The van der Waals surface area contributed by atoms with Crippen LogP contribution in [0.1, 0.15) is 0 Å². The van der Waals surface area contributed by atoms with Crippen molar-refractivity contribution in [2.75, 3.05) is 57.3 Å². The molecule has 2 aliphatic rings. The minimum absolute atomic E-state index is 0.179. The van der Waals surface area contributed by atoms with E-state index in [1.165, 1.54) is 0 Å². The summed E-state index contributed by atoms with van der Waals surface area (Å²) in [5, 5.41) is 0. The molecule has 1 aromatic rings. The first-order valence-corrected chi connectivity index (χ1v) is 6.99. The van der Waals surface area contributed by atoms with Crippen molar-refractivity contribution in [3.8, 4) is 0 Å². The number of rotatable bonds is 4. The van der Waals surface area contributed by atoms with Gasteiger partial charge in [0.25, 0.3) is 0 Å². The Kier molecular flexibility index (Phi) is 3.96. The Morgan fingerprint density at radius 1 is 1.05 bits per heavy atom. The van der Waals surface area contributed by atoms with Crippen LogP contribution in [0.5, 0.6) is 0 Å². The van der Waals surface area contributed by atoms with Gasteiger partial charge < -0.3 is 14.5 Å². The van der Waals surface area contributed by atoms with Crippen LogP contribution in [0.15, 0.2) is 18.5 Å². The van der Waals surface area contributed by atoms with Crippen LogP contribution >= 0.6 is 0 Å². The molecule has 3 heterocycles. The van der Waals surface area contributed by atoms with Gasteiger partial charge in [-0.2, -0.15) is 0 Å². The summed E-state index contributed by atoms with van der Waals surface area (Å²) >= 11 is 0. The topological polar surface area (TPSA) is 61.8 Å². The third-order valence-electron chi connectivity index (χ3n) is 3.74. The standard InChI is InChI=1S/C13H19N5O2/c19-13-18(10-11-20-13)9-6-16-4-7-17(8-5-16)12-14-2-1-3-15-12/h1-3H,4-11H2. The highest BCUT2D eigenvalue weighted by Gasteiger charge is 2.23. The Morgan fingerprint density at radius 2 is 1.80 bits per heavy atom. The Hall–Kier alpha value is -1.89. The molecule has 0 saturated carbocycles. The van der Waals surface area contributed by atoms with Crippen molar-refractivity contribution < 1.29 is 9.53 Å². The molecule has 0 radical (unpaired) electrons. The third kappa shape index (κ3) is 2.98. The second kappa shape index (κ2) is 6.04. The molecule has 0 aliphatic carbocycles. The maximum absolute atomic E-state index is 11.3. The second-order valence-corrected chi connectivity index (χ2v) is 4.98. The molecule has 2 aliphatic heterocycles. The maximum Gasteiger partial charge on any atom is 0.409 e. The fourth-order valence-corrected chi connectivity index (χ4v) is 2.52. The van der Waals surface area contributed by atoms with Gasteiger partial charge >= 0.3 is 6.09 Å². The molecule has 3 rings (SSSR count). The number of cyclic esters (lactones) is 1. The van der Waals surface area contributed by atoms with E-state index in [-0.39, 0.29) is 6.09 Å². The van der Waals surface area contributed by atoms with Crippen molar-refractivity contribution >= 4 is 12.0 Å². The number of aromatic nitrogens is 2. The first-order chi connectivity index (χ1) is 9.83. The highest BCUT2D eigenvalue weighted by molar-refractivity contribution is 5.69. The molecule has 7 heteroatoms. The quantitative estimate of drug-likeness (QED) is 0.775. The number of hydrogen-bond donors (Lipinski definition) is 0. The Balaban J connectivity index is 1.43. The molecule has 7 nitrogen and oxygen atoms in total. The van der Waals surface area contributed by atoms with Gasteiger partial charge in [-0.25, -0.2) is 14.8 Å². The average molecular weight is 277 g/mol. The van der Waals surface area contributed by atoms with E-state index >= 15 is 0 Å². The lowest BCUT2D eigenvalue weighted by atomic mass is 10.3. The van der Waals surface area contributed by atoms with E-state index in [0.29, 0.717) is 6.61 Å². The summed E-state index contributed by atoms with van der Waals surface area (Å²) < 4.78 is 4.92. The van der Waals surface area contributed by atoms with Crippen LogP contribution < -0.4 is 4.90 Å². The van der Waals surface area contributed by atoms with Crippen molar-refractivity contribution in [1.29, 1.82) is 0 Å². The number of carbonyl (C=O) groups excluding carboxylic acids is 1. The Bertz CT molecular complexity index is 447. The number of piperazine rings is 1. The predicted octanol–water partition coefficient (Wildman–Crippen LogP) is 0.0508. The largest absolute Gasteiger partial charge is 0.448 e. The van der Waals surface area contributed by atoms with E-state index in [0.717, 1.165) is 51.8 Å². The van der Waals surface area contributed by atoms with Crippen LogP contribution in [0, 0.1) is 0 Å². The zero-order valence-corrected chi connectivity index (χ0v) is 11.4. The molecular weight excluding hydrogens is 258 g/mol. The van der Waals surface area contributed by atoms with Gasteiger partial charge in [-0.05, 0) is 6.07 Å². The predicted molar refractivity (Wildman–Crippen MR) is 73.6 cm³/mol. The van der Waals surface area contributed by atoms with Crippen LogP contribution in [-0.4, -0.2) is 78.3 Å². The van der Waals surface area contributed by atoms with Crippen LogP contribution in [0.2, 0.25) is 0 Å². The molecule has 20 heavy (non-hydrogen) atoms. The van der Waals surface area contributed by atoms with E-state index in [4.69, 9.17) is 4.74 Å². The molecule has 0 unspecified atom stereocenters. The van der Waals surface area contributed by atoms with Gasteiger partial charge in [0.1, 0.15) is 6.61 Å². The minimum atomic E-state index is -0.179. The monoisotopic (exact) mass is 277 g/mol. The summed E-state index contributed by atoms with van der Waals surface area (Å²) in [6.45, 7) is 6.69. The van der Waals surface area contributed by atoms with Gasteiger partial charge in [0, 0.05) is 51.7 Å². The highest BCUT2D eigenvalue weighted by Crippen LogP contribution is 2.10. The molecular formula is C13H19N5O2. The zero-order chi connectivity index (χ0) is 13.8. The normalized spacial score (nSPS) is 20.3. The SMILES string of the molecule is O=C1OCCN1CCN1CCN(c2ncccn2)CC1. The highest BCUT2D eigenvalue weighted by atomic mass is 16.6. The molecule has 0 aromatic carbocycles. The molecule has 2 saturated heterocycles. The average Bonchev–Trinajstić information content (AvgIpc) is 2.92. The number of amides is 1. The molecule has 108 valence electrons. The minimum Gasteiger partial charge on any atom is -0.448 e. The van der Waals surface area contributed by atoms with Crippen LogP contribution in [0.3, 0.4) is 0 Å². The fourth-order valence-electron chi connectivity index (χ4n) is 2.52. The molecule has 1 aromatic heterocycles. The van der Waals surface area contributed by atoms with Crippen molar-refractivity contribution in [2.24, 2.45) is 0 Å². The molecule has 0 bridgehead atoms. The second-order valence-electron chi connectivity index (χ2n) is 4.98. The molecule has 1 amide bonds. The van der Waals surface area contributed by atoms with E-state index in [9.17, 15) is 4.79 Å². The van der Waals surface area contributed by atoms with Gasteiger partial charge in [-0.3, -0.25) is 4.90 Å². The lowest BCUT2D eigenvalue weighted by molar-refractivity contribution is 0.152. The Labute approximate surface area is 118 Å². The fraction of sp³-hybridized carbons (Fsp3) is 0.615. The van der Waals surface area contributed by atoms with Gasteiger partial charge in [-0.15, -0.1) is 0 Å². The van der Waals surface area contributed by atoms with E-state index in [1.54, 1.807) is 17.3 Å². The number of carbonyl (C=O) groups is 1. The van der Waals surface area contributed by atoms with Crippen molar-refractivity contribution in [3.63, 3.8) is 0 Å². The van der Waals surface area contributed by atoms with Gasteiger partial charge in [0.05, 0.1) is 6.54 Å². The van der Waals surface area contributed by atoms with E-state index in [2.05, 4.69) is 19.8 Å². The summed E-state index contributed by atoms with van der Waals surface area (Å²) in [6, 6.07) is 1.83. The molecule has 0 N–H and O–H groups in total. The van der Waals surface area contributed by atoms with E-state index < -0.39 is 0 Å². The van der Waals surface area contributed by atoms with Crippen molar-refractivity contribution in [1.82, 2.24) is 19.8 Å². The van der Waals surface area contributed by atoms with Crippen LogP contribution in [0.4, 0.5) is 10.7 Å². The molecule has 2 fully saturated rings.